The number of fused-ring (bicyclic) bond motifs is 1. The van der Waals surface area contributed by atoms with Crippen molar-refractivity contribution in [2.24, 2.45) is 0 Å². The molecule has 2 unspecified atom stereocenters. The van der Waals surface area contributed by atoms with E-state index in [0.717, 1.165) is 16.5 Å². The van der Waals surface area contributed by atoms with E-state index in [9.17, 15) is 8.42 Å². The maximum absolute atomic E-state index is 13.8. The van der Waals surface area contributed by atoms with Gasteiger partial charge in [0.15, 0.2) is 11.6 Å². The average Bonchev–Trinajstić information content (AvgIpc) is 3.60. The van der Waals surface area contributed by atoms with Crippen molar-refractivity contribution in [2.75, 3.05) is 33.2 Å². The molecule has 2 atom stereocenters. The van der Waals surface area contributed by atoms with Crippen molar-refractivity contribution in [3.63, 3.8) is 0 Å². The van der Waals surface area contributed by atoms with Crippen molar-refractivity contribution < 1.29 is 27.4 Å². The highest BCUT2D eigenvalue weighted by Gasteiger charge is 2.35. The highest BCUT2D eigenvalue weighted by molar-refractivity contribution is 7.93. The van der Waals surface area contributed by atoms with Gasteiger partial charge in [-0.2, -0.15) is 0 Å². The minimum absolute atomic E-state index is 0.0874. The fourth-order valence-electron chi connectivity index (χ4n) is 4.59. The summed E-state index contributed by atoms with van der Waals surface area (Å²) in [4.78, 5) is 11.9. The van der Waals surface area contributed by atoms with Crippen molar-refractivity contribution in [3.05, 3.63) is 66.2 Å². The molecule has 0 spiro atoms. The Labute approximate surface area is 242 Å². The topological polar surface area (TPSA) is 155 Å². The van der Waals surface area contributed by atoms with Crippen molar-refractivity contribution in [1.82, 2.24) is 29.7 Å². The van der Waals surface area contributed by atoms with E-state index in [2.05, 4.69) is 29.9 Å². The van der Waals surface area contributed by atoms with E-state index < -0.39 is 21.4 Å². The summed E-state index contributed by atoms with van der Waals surface area (Å²) in [7, 11) is 1.88. The van der Waals surface area contributed by atoms with E-state index in [-0.39, 0.29) is 11.8 Å². The molecule has 3 heterocycles. The van der Waals surface area contributed by atoms with E-state index in [1.165, 1.54) is 32.8 Å². The standard InChI is InChI=1S/C28H31N7O6S/c1-16-14-29-26(30-15-16)25(41-6)17(2)42(36,37)34-28-33-32-27(21-13-18-12-19(38-3)10-11-20(18)31-21)35(28)24-22(39-4)8-7-9-23(24)40-5/h7-15,17,25,31H,1-6H3,(H,33,34). The van der Waals surface area contributed by atoms with Gasteiger partial charge in [-0.05, 0) is 55.8 Å². The lowest BCUT2D eigenvalue weighted by Gasteiger charge is -2.22. The number of aromatic nitrogens is 6. The Kier molecular flexibility index (Phi) is 8.00. The molecular weight excluding hydrogens is 562 g/mol. The Morgan fingerprint density at radius 3 is 2.24 bits per heavy atom. The molecule has 3 aromatic heterocycles. The number of para-hydroxylation sites is 1. The highest BCUT2D eigenvalue weighted by atomic mass is 32.2. The Morgan fingerprint density at radius 2 is 1.62 bits per heavy atom. The molecule has 0 saturated heterocycles. The number of rotatable bonds is 11. The van der Waals surface area contributed by atoms with Crippen molar-refractivity contribution in [1.29, 1.82) is 0 Å². The molecular formula is C28H31N7O6S. The highest BCUT2D eigenvalue weighted by Crippen LogP contribution is 2.38. The monoisotopic (exact) mass is 593 g/mol. The number of nitrogens with one attached hydrogen (secondary N) is 2. The molecule has 0 fully saturated rings. The first kappa shape index (κ1) is 28.8. The number of ether oxygens (including phenoxy) is 4. The molecule has 0 radical (unpaired) electrons. The van der Waals surface area contributed by atoms with E-state index in [1.807, 2.05) is 31.2 Å². The smallest absolute Gasteiger partial charge is 0.243 e. The van der Waals surface area contributed by atoms with E-state index in [4.69, 9.17) is 18.9 Å². The maximum Gasteiger partial charge on any atom is 0.243 e. The zero-order chi connectivity index (χ0) is 30.0. The summed E-state index contributed by atoms with van der Waals surface area (Å²) in [5.74, 6) is 1.96. The van der Waals surface area contributed by atoms with Gasteiger partial charge < -0.3 is 23.9 Å². The van der Waals surface area contributed by atoms with Gasteiger partial charge in [0.25, 0.3) is 0 Å². The minimum atomic E-state index is -4.14. The van der Waals surface area contributed by atoms with Crippen LogP contribution in [0.5, 0.6) is 17.2 Å². The summed E-state index contributed by atoms with van der Waals surface area (Å²) in [6, 6.07) is 12.7. The van der Waals surface area contributed by atoms with Crippen LogP contribution in [0.15, 0.2) is 54.9 Å². The predicted octanol–water partition coefficient (Wildman–Crippen LogP) is 4.06. The van der Waals surface area contributed by atoms with Crippen LogP contribution in [-0.2, 0) is 14.8 Å². The largest absolute Gasteiger partial charge is 0.497 e. The minimum Gasteiger partial charge on any atom is -0.497 e. The molecule has 13 nitrogen and oxygen atoms in total. The van der Waals surface area contributed by atoms with Crippen molar-refractivity contribution in [2.45, 2.75) is 25.2 Å². The molecule has 5 rings (SSSR count). The van der Waals surface area contributed by atoms with Gasteiger partial charge in [-0.15, -0.1) is 10.2 Å². The SMILES string of the molecule is COc1ccc2[nH]c(-c3nnc(NS(=O)(=O)C(C)C(OC)c4ncc(C)cn4)n3-c3c(OC)cccc3OC)cc2c1. The molecule has 2 N–H and O–H groups in total. The molecule has 0 aliphatic heterocycles. The molecule has 2 aromatic carbocycles. The van der Waals surface area contributed by atoms with Gasteiger partial charge in [-0.1, -0.05) is 6.07 Å². The number of sulfonamides is 1. The van der Waals surface area contributed by atoms with E-state index in [1.54, 1.807) is 37.7 Å². The summed E-state index contributed by atoms with van der Waals surface area (Å²) in [6.45, 7) is 3.35. The first-order chi connectivity index (χ1) is 20.2. The van der Waals surface area contributed by atoms with Gasteiger partial charge in [-0.3, -0.25) is 9.29 Å². The second-order valence-corrected chi connectivity index (χ2v) is 11.5. The normalized spacial score (nSPS) is 13.1. The van der Waals surface area contributed by atoms with Gasteiger partial charge in [0.1, 0.15) is 34.3 Å². The Balaban J connectivity index is 1.64. The molecule has 14 heteroatoms. The van der Waals surface area contributed by atoms with Gasteiger partial charge in [0, 0.05) is 30.4 Å². The molecule has 0 aliphatic rings. The average molecular weight is 594 g/mol. The number of anilines is 1. The first-order valence-electron chi connectivity index (χ1n) is 12.9. The number of benzene rings is 2. The van der Waals surface area contributed by atoms with Crippen LogP contribution in [0.3, 0.4) is 0 Å². The van der Waals surface area contributed by atoms with Crippen molar-refractivity contribution in [3.8, 4) is 34.5 Å². The summed E-state index contributed by atoms with van der Waals surface area (Å²) < 4.78 is 53.9. The van der Waals surface area contributed by atoms with Crippen LogP contribution in [0.2, 0.25) is 0 Å². The number of aryl methyl sites for hydroxylation is 1. The summed E-state index contributed by atoms with van der Waals surface area (Å²) >= 11 is 0. The van der Waals surface area contributed by atoms with E-state index >= 15 is 0 Å². The summed E-state index contributed by atoms with van der Waals surface area (Å²) in [5, 5.41) is 8.39. The molecule has 0 aliphatic carbocycles. The first-order valence-corrected chi connectivity index (χ1v) is 14.4. The fourth-order valence-corrected chi connectivity index (χ4v) is 5.72. The summed E-state index contributed by atoms with van der Waals surface area (Å²) in [6.07, 6.45) is 2.25. The third-order valence-corrected chi connectivity index (χ3v) is 8.51. The van der Waals surface area contributed by atoms with Crippen molar-refractivity contribution >= 4 is 26.9 Å². The number of H-pyrrole nitrogens is 1. The van der Waals surface area contributed by atoms with Crippen LogP contribution in [-0.4, -0.2) is 71.8 Å². The maximum atomic E-state index is 13.8. The number of hydrogen-bond acceptors (Lipinski definition) is 10. The van der Waals surface area contributed by atoms with Crippen LogP contribution in [0.1, 0.15) is 24.4 Å². The Bertz CT molecular complexity index is 1800. The molecule has 5 aromatic rings. The molecule has 0 amide bonds. The van der Waals surface area contributed by atoms with E-state index in [0.29, 0.717) is 34.5 Å². The lowest BCUT2D eigenvalue weighted by atomic mass is 10.2. The third kappa shape index (κ3) is 5.33. The second-order valence-electron chi connectivity index (χ2n) is 9.46. The Morgan fingerprint density at radius 1 is 0.929 bits per heavy atom. The van der Waals surface area contributed by atoms with Crippen LogP contribution in [0, 0.1) is 6.92 Å². The number of nitrogens with zero attached hydrogens (tertiary/aromatic N) is 5. The Hall–Kier alpha value is -4.69. The fraction of sp³-hybridized carbons (Fsp3) is 0.286. The van der Waals surface area contributed by atoms with Gasteiger partial charge in [-0.25, -0.2) is 18.4 Å². The number of aromatic amines is 1. The molecule has 0 bridgehead atoms. The second kappa shape index (κ2) is 11.7. The van der Waals surface area contributed by atoms with Crippen LogP contribution in [0.4, 0.5) is 5.95 Å². The zero-order valence-corrected chi connectivity index (χ0v) is 24.8. The predicted molar refractivity (Wildman–Crippen MR) is 157 cm³/mol. The number of methoxy groups -OCH3 is 4. The summed E-state index contributed by atoms with van der Waals surface area (Å²) in [5.41, 5.74) is 2.63. The van der Waals surface area contributed by atoms with Gasteiger partial charge in [0.2, 0.25) is 16.0 Å². The van der Waals surface area contributed by atoms with Gasteiger partial charge >= 0.3 is 0 Å². The van der Waals surface area contributed by atoms with Crippen LogP contribution < -0.4 is 18.9 Å². The molecule has 220 valence electrons. The van der Waals surface area contributed by atoms with Crippen LogP contribution >= 0.6 is 0 Å². The molecule has 0 saturated carbocycles. The lowest BCUT2D eigenvalue weighted by Crippen LogP contribution is -2.33. The molecule has 42 heavy (non-hydrogen) atoms. The number of hydrogen-bond donors (Lipinski definition) is 2. The van der Waals surface area contributed by atoms with Crippen LogP contribution in [0.25, 0.3) is 28.1 Å². The zero-order valence-electron chi connectivity index (χ0n) is 23.9. The van der Waals surface area contributed by atoms with Gasteiger partial charge in [0.05, 0.1) is 27.0 Å². The third-order valence-electron chi connectivity index (χ3n) is 6.82. The lowest BCUT2D eigenvalue weighted by molar-refractivity contribution is 0.0949. The quantitative estimate of drug-likeness (QED) is 0.229.